The summed E-state index contributed by atoms with van der Waals surface area (Å²) in [6, 6.07) is 17.4. The second-order valence-corrected chi connectivity index (χ2v) is 9.38. The number of para-hydroxylation sites is 1. The van der Waals surface area contributed by atoms with Crippen molar-refractivity contribution < 1.29 is 14.3 Å². The molecule has 174 valence electrons. The summed E-state index contributed by atoms with van der Waals surface area (Å²) < 4.78 is 12.8. The number of piperazine rings is 1. The lowest BCUT2D eigenvalue weighted by atomic mass is 10.1. The third-order valence-electron chi connectivity index (χ3n) is 6.44. The summed E-state index contributed by atoms with van der Waals surface area (Å²) >= 11 is 1.62. The molecule has 0 atom stereocenters. The van der Waals surface area contributed by atoms with Crippen LogP contribution < -0.4 is 14.4 Å². The summed E-state index contributed by atoms with van der Waals surface area (Å²) in [6.07, 6.45) is 0. The van der Waals surface area contributed by atoms with Crippen molar-refractivity contribution >= 4 is 39.7 Å². The minimum atomic E-state index is -0.0110. The first-order chi connectivity index (χ1) is 17.3. The molecular formula is C25H20N6O3S. The number of benzene rings is 2. The van der Waals surface area contributed by atoms with Gasteiger partial charge in [0.1, 0.15) is 0 Å². The van der Waals surface area contributed by atoms with E-state index in [9.17, 15) is 4.79 Å². The number of nitrogens with zero attached hydrogens (tertiary/aromatic N) is 6. The van der Waals surface area contributed by atoms with E-state index in [1.54, 1.807) is 29.5 Å². The molecule has 9 nitrogen and oxygen atoms in total. The Hall–Kier alpha value is -4.18. The molecule has 0 aliphatic carbocycles. The third kappa shape index (κ3) is 3.28. The first kappa shape index (κ1) is 20.2. The topological polar surface area (TPSA) is 85.1 Å². The second-order valence-electron chi connectivity index (χ2n) is 8.44. The van der Waals surface area contributed by atoms with Crippen LogP contribution in [0.5, 0.6) is 11.5 Å². The first-order valence-electron chi connectivity index (χ1n) is 11.4. The SMILES string of the molecule is O=C(c1ccc2c(c1)OCO2)N1CCN(c2nc3ccccc3c3nnc(-c4cccs4)n23)CC1. The fourth-order valence-corrected chi connectivity index (χ4v) is 5.36. The van der Waals surface area contributed by atoms with Gasteiger partial charge in [-0.2, -0.15) is 0 Å². The summed E-state index contributed by atoms with van der Waals surface area (Å²) in [5.41, 5.74) is 2.26. The third-order valence-corrected chi connectivity index (χ3v) is 7.31. The van der Waals surface area contributed by atoms with Gasteiger partial charge in [0.15, 0.2) is 23.0 Å². The van der Waals surface area contributed by atoms with Crippen molar-refractivity contribution in [1.82, 2.24) is 24.5 Å². The molecule has 0 N–H and O–H groups in total. The van der Waals surface area contributed by atoms with E-state index >= 15 is 0 Å². The maximum Gasteiger partial charge on any atom is 0.254 e. The van der Waals surface area contributed by atoms with Crippen molar-refractivity contribution in [3.8, 4) is 22.2 Å². The Kier molecular flexibility index (Phi) is 4.59. The summed E-state index contributed by atoms with van der Waals surface area (Å²) in [7, 11) is 0. The molecule has 7 rings (SSSR count). The number of ether oxygens (including phenoxy) is 2. The van der Waals surface area contributed by atoms with Crippen LogP contribution in [0.15, 0.2) is 60.0 Å². The highest BCUT2D eigenvalue weighted by Crippen LogP contribution is 2.33. The number of amides is 1. The molecule has 2 aliphatic heterocycles. The Morgan fingerprint density at radius 1 is 0.914 bits per heavy atom. The summed E-state index contributed by atoms with van der Waals surface area (Å²) in [5, 5.41) is 12.1. The normalized spacial score (nSPS) is 15.3. The van der Waals surface area contributed by atoms with Crippen LogP contribution in [0.1, 0.15) is 10.4 Å². The fraction of sp³-hybridized carbons (Fsp3) is 0.200. The van der Waals surface area contributed by atoms with Crippen molar-refractivity contribution in [2.45, 2.75) is 0 Å². The zero-order valence-electron chi connectivity index (χ0n) is 18.6. The van der Waals surface area contributed by atoms with E-state index in [4.69, 9.17) is 14.5 Å². The van der Waals surface area contributed by atoms with Crippen LogP contribution in [0.25, 0.3) is 27.3 Å². The molecule has 3 aromatic heterocycles. The maximum absolute atomic E-state index is 13.2. The smallest absolute Gasteiger partial charge is 0.254 e. The Balaban J connectivity index is 1.21. The number of carbonyl (C=O) groups is 1. The van der Waals surface area contributed by atoms with Gasteiger partial charge in [0.2, 0.25) is 12.7 Å². The van der Waals surface area contributed by atoms with E-state index in [1.165, 1.54) is 0 Å². The molecule has 2 aliphatic rings. The predicted molar refractivity (Wildman–Crippen MR) is 132 cm³/mol. The summed E-state index contributed by atoms with van der Waals surface area (Å²) in [4.78, 5) is 23.3. The van der Waals surface area contributed by atoms with E-state index in [2.05, 4.69) is 15.1 Å². The van der Waals surface area contributed by atoms with Crippen molar-refractivity contribution in [1.29, 1.82) is 0 Å². The Morgan fingerprint density at radius 3 is 2.63 bits per heavy atom. The quantitative estimate of drug-likeness (QED) is 0.386. The molecule has 5 heterocycles. The molecule has 1 amide bonds. The number of thiophene rings is 1. The molecule has 35 heavy (non-hydrogen) atoms. The average molecular weight is 485 g/mol. The van der Waals surface area contributed by atoms with E-state index in [-0.39, 0.29) is 12.7 Å². The van der Waals surface area contributed by atoms with E-state index in [0.717, 1.165) is 33.2 Å². The second kappa shape index (κ2) is 7.95. The molecule has 0 saturated carbocycles. The Bertz CT molecular complexity index is 1570. The largest absolute Gasteiger partial charge is 0.454 e. The summed E-state index contributed by atoms with van der Waals surface area (Å²) in [5.74, 6) is 2.85. The van der Waals surface area contributed by atoms with E-state index in [1.807, 2.05) is 51.1 Å². The first-order valence-corrected chi connectivity index (χ1v) is 12.3. The fourth-order valence-electron chi connectivity index (χ4n) is 4.67. The van der Waals surface area contributed by atoms with Gasteiger partial charge in [-0.15, -0.1) is 21.5 Å². The van der Waals surface area contributed by atoms with Gasteiger partial charge in [0, 0.05) is 37.1 Å². The van der Waals surface area contributed by atoms with Crippen molar-refractivity contribution in [2.24, 2.45) is 0 Å². The zero-order valence-corrected chi connectivity index (χ0v) is 19.4. The van der Waals surface area contributed by atoms with Gasteiger partial charge in [0.25, 0.3) is 5.91 Å². The van der Waals surface area contributed by atoms with Gasteiger partial charge in [0.05, 0.1) is 10.4 Å². The van der Waals surface area contributed by atoms with Crippen molar-refractivity contribution in [3.05, 3.63) is 65.5 Å². The van der Waals surface area contributed by atoms with Gasteiger partial charge < -0.3 is 19.3 Å². The lowest BCUT2D eigenvalue weighted by molar-refractivity contribution is 0.0745. The molecule has 5 aromatic rings. The summed E-state index contributed by atoms with van der Waals surface area (Å²) in [6.45, 7) is 2.66. The molecule has 2 aromatic carbocycles. The van der Waals surface area contributed by atoms with Crippen LogP contribution in [0.3, 0.4) is 0 Å². The number of hydrogen-bond acceptors (Lipinski definition) is 8. The van der Waals surface area contributed by atoms with Gasteiger partial charge in [-0.25, -0.2) is 9.38 Å². The van der Waals surface area contributed by atoms with Crippen LogP contribution in [0.2, 0.25) is 0 Å². The number of rotatable bonds is 3. The predicted octanol–water partition coefficient (Wildman–Crippen LogP) is 3.70. The lowest BCUT2D eigenvalue weighted by Gasteiger charge is -2.35. The van der Waals surface area contributed by atoms with Crippen LogP contribution >= 0.6 is 11.3 Å². The zero-order chi connectivity index (χ0) is 23.4. The average Bonchev–Trinajstić information content (AvgIpc) is 3.68. The van der Waals surface area contributed by atoms with Crippen LogP contribution in [0, 0.1) is 0 Å². The molecule has 0 radical (unpaired) electrons. The number of fused-ring (bicyclic) bond motifs is 4. The lowest BCUT2D eigenvalue weighted by Crippen LogP contribution is -2.49. The van der Waals surface area contributed by atoms with E-state index in [0.29, 0.717) is 43.2 Å². The van der Waals surface area contributed by atoms with Crippen molar-refractivity contribution in [2.75, 3.05) is 37.9 Å². The number of aromatic nitrogens is 4. The standard InChI is InChI=1S/C25H20N6O3S/c32-24(16-7-8-19-20(14-16)34-15-33-19)29-9-11-30(12-10-29)25-26-18-5-2-1-4-17(18)22-27-28-23(31(22)25)21-6-3-13-35-21/h1-8,13-14H,9-12,15H2. The highest BCUT2D eigenvalue weighted by molar-refractivity contribution is 7.13. The molecule has 0 bridgehead atoms. The molecule has 0 spiro atoms. The molecular weight excluding hydrogens is 464 g/mol. The minimum absolute atomic E-state index is 0.0110. The van der Waals surface area contributed by atoms with Crippen LogP contribution in [-0.2, 0) is 0 Å². The number of carbonyl (C=O) groups excluding carboxylic acids is 1. The van der Waals surface area contributed by atoms with Gasteiger partial charge in [-0.05, 0) is 41.8 Å². The van der Waals surface area contributed by atoms with E-state index < -0.39 is 0 Å². The van der Waals surface area contributed by atoms with Crippen LogP contribution in [0.4, 0.5) is 5.95 Å². The van der Waals surface area contributed by atoms with Gasteiger partial charge in [-0.1, -0.05) is 18.2 Å². The molecule has 0 unspecified atom stereocenters. The highest BCUT2D eigenvalue weighted by Gasteiger charge is 2.27. The Labute approximate surface area is 204 Å². The molecule has 1 saturated heterocycles. The minimum Gasteiger partial charge on any atom is -0.454 e. The van der Waals surface area contributed by atoms with Crippen molar-refractivity contribution in [3.63, 3.8) is 0 Å². The van der Waals surface area contributed by atoms with Gasteiger partial charge >= 0.3 is 0 Å². The molecule has 10 heteroatoms. The number of hydrogen-bond donors (Lipinski definition) is 0. The van der Waals surface area contributed by atoms with Gasteiger partial charge in [-0.3, -0.25) is 4.79 Å². The molecule has 1 fully saturated rings. The maximum atomic E-state index is 13.2. The Morgan fingerprint density at radius 2 is 1.77 bits per heavy atom. The highest BCUT2D eigenvalue weighted by atomic mass is 32.1. The number of anilines is 1. The monoisotopic (exact) mass is 484 g/mol. The van der Waals surface area contributed by atoms with Crippen LogP contribution in [-0.4, -0.2) is 63.4 Å².